The number of amides is 1. The highest BCUT2D eigenvalue weighted by atomic mass is 16.2. The normalized spacial score (nSPS) is 36.9. The summed E-state index contributed by atoms with van der Waals surface area (Å²) < 4.78 is 0. The van der Waals surface area contributed by atoms with Gasteiger partial charge < -0.3 is 15.1 Å². The Kier molecular flexibility index (Phi) is 3.57. The molecule has 2 bridgehead atoms. The highest BCUT2D eigenvalue weighted by Gasteiger charge is 2.35. The van der Waals surface area contributed by atoms with E-state index in [1.807, 2.05) is 0 Å². The lowest BCUT2D eigenvalue weighted by Crippen LogP contribution is -2.48. The van der Waals surface area contributed by atoms with Crippen LogP contribution >= 0.6 is 0 Å². The number of hydrogen-bond donors (Lipinski definition) is 1. The standard InChI is InChI=1S/C14H25N3O/c1-16-4-6-17(7-5-16)14(18)10-11-8-12-2-3-13(9-11)15-12/h11-13,15H,2-10H2,1H3. The van der Waals surface area contributed by atoms with Gasteiger partial charge in [0.15, 0.2) is 0 Å². The lowest BCUT2D eigenvalue weighted by atomic mass is 9.89. The minimum Gasteiger partial charge on any atom is -0.340 e. The number of nitrogens with zero attached hydrogens (tertiary/aromatic N) is 2. The molecule has 0 spiro atoms. The van der Waals surface area contributed by atoms with E-state index in [0.717, 1.165) is 32.6 Å². The van der Waals surface area contributed by atoms with Gasteiger partial charge in [0.2, 0.25) is 5.91 Å². The zero-order valence-electron chi connectivity index (χ0n) is 11.4. The monoisotopic (exact) mass is 251 g/mol. The van der Waals surface area contributed by atoms with E-state index in [-0.39, 0.29) is 0 Å². The fourth-order valence-corrected chi connectivity index (χ4v) is 3.77. The molecule has 4 nitrogen and oxygen atoms in total. The first-order chi connectivity index (χ1) is 8.70. The maximum absolute atomic E-state index is 12.3. The molecule has 2 atom stereocenters. The van der Waals surface area contributed by atoms with Gasteiger partial charge in [-0.25, -0.2) is 0 Å². The number of fused-ring (bicyclic) bond motifs is 2. The number of piperazine rings is 1. The third kappa shape index (κ3) is 2.69. The van der Waals surface area contributed by atoms with Crippen LogP contribution in [-0.4, -0.2) is 61.0 Å². The fourth-order valence-electron chi connectivity index (χ4n) is 3.77. The topological polar surface area (TPSA) is 35.6 Å². The van der Waals surface area contributed by atoms with Crippen molar-refractivity contribution in [3.05, 3.63) is 0 Å². The summed E-state index contributed by atoms with van der Waals surface area (Å²) in [4.78, 5) is 16.7. The molecule has 3 heterocycles. The van der Waals surface area contributed by atoms with Crippen molar-refractivity contribution in [3.63, 3.8) is 0 Å². The molecule has 3 aliphatic heterocycles. The number of hydrogen-bond acceptors (Lipinski definition) is 3. The average molecular weight is 251 g/mol. The van der Waals surface area contributed by atoms with Crippen LogP contribution in [0.1, 0.15) is 32.1 Å². The summed E-state index contributed by atoms with van der Waals surface area (Å²) in [6.07, 6.45) is 5.87. The molecule has 0 saturated carbocycles. The van der Waals surface area contributed by atoms with E-state index < -0.39 is 0 Å². The van der Waals surface area contributed by atoms with Crippen molar-refractivity contribution in [1.29, 1.82) is 0 Å². The predicted molar refractivity (Wildman–Crippen MR) is 71.4 cm³/mol. The van der Waals surface area contributed by atoms with Gasteiger partial charge in [-0.1, -0.05) is 0 Å². The second kappa shape index (κ2) is 5.17. The summed E-state index contributed by atoms with van der Waals surface area (Å²) in [5.41, 5.74) is 0. The molecule has 3 rings (SSSR count). The van der Waals surface area contributed by atoms with E-state index in [9.17, 15) is 4.79 Å². The van der Waals surface area contributed by atoms with Gasteiger partial charge in [-0.2, -0.15) is 0 Å². The Morgan fingerprint density at radius 3 is 2.33 bits per heavy atom. The van der Waals surface area contributed by atoms with Crippen molar-refractivity contribution in [2.24, 2.45) is 5.92 Å². The molecular weight excluding hydrogens is 226 g/mol. The van der Waals surface area contributed by atoms with E-state index >= 15 is 0 Å². The third-order valence-electron chi connectivity index (χ3n) is 4.89. The van der Waals surface area contributed by atoms with Crippen LogP contribution in [-0.2, 0) is 4.79 Å². The lowest BCUT2D eigenvalue weighted by Gasteiger charge is -2.35. The molecule has 18 heavy (non-hydrogen) atoms. The van der Waals surface area contributed by atoms with Gasteiger partial charge in [0.1, 0.15) is 0 Å². The second-order valence-electron chi connectivity index (χ2n) is 6.36. The minimum atomic E-state index is 0.398. The highest BCUT2D eigenvalue weighted by Crippen LogP contribution is 2.32. The quantitative estimate of drug-likeness (QED) is 0.784. The van der Waals surface area contributed by atoms with Crippen molar-refractivity contribution in [1.82, 2.24) is 15.1 Å². The van der Waals surface area contributed by atoms with Crippen LogP contribution in [0.15, 0.2) is 0 Å². The van der Waals surface area contributed by atoms with Crippen molar-refractivity contribution >= 4 is 5.91 Å². The summed E-state index contributed by atoms with van der Waals surface area (Å²) in [7, 11) is 2.13. The van der Waals surface area contributed by atoms with Gasteiger partial charge in [0.25, 0.3) is 0 Å². The summed E-state index contributed by atoms with van der Waals surface area (Å²) in [5.74, 6) is 1.03. The molecule has 2 unspecified atom stereocenters. The average Bonchev–Trinajstić information content (AvgIpc) is 2.69. The number of piperidine rings is 1. The molecule has 3 fully saturated rings. The Bertz CT molecular complexity index is 300. The van der Waals surface area contributed by atoms with Crippen LogP contribution in [0.4, 0.5) is 0 Å². The Morgan fingerprint density at radius 2 is 1.72 bits per heavy atom. The van der Waals surface area contributed by atoms with Gasteiger partial charge in [-0.05, 0) is 38.6 Å². The first kappa shape index (κ1) is 12.4. The van der Waals surface area contributed by atoms with Crippen LogP contribution in [0.2, 0.25) is 0 Å². The predicted octanol–water partition coefficient (Wildman–Crippen LogP) is 0.681. The fraction of sp³-hybridized carbons (Fsp3) is 0.929. The smallest absolute Gasteiger partial charge is 0.222 e. The van der Waals surface area contributed by atoms with E-state index in [1.165, 1.54) is 25.7 Å². The van der Waals surface area contributed by atoms with Crippen LogP contribution in [0, 0.1) is 5.92 Å². The minimum absolute atomic E-state index is 0.398. The molecule has 1 amide bonds. The van der Waals surface area contributed by atoms with Crippen molar-refractivity contribution < 1.29 is 4.79 Å². The van der Waals surface area contributed by atoms with Gasteiger partial charge in [-0.15, -0.1) is 0 Å². The second-order valence-corrected chi connectivity index (χ2v) is 6.36. The molecule has 0 aromatic heterocycles. The van der Waals surface area contributed by atoms with Crippen molar-refractivity contribution in [2.45, 2.75) is 44.2 Å². The molecule has 3 saturated heterocycles. The summed E-state index contributed by atoms with van der Waals surface area (Å²) >= 11 is 0. The van der Waals surface area contributed by atoms with E-state index in [2.05, 4.69) is 22.2 Å². The molecule has 0 radical (unpaired) electrons. The molecule has 0 aromatic rings. The maximum atomic E-state index is 12.3. The maximum Gasteiger partial charge on any atom is 0.222 e. The number of carbonyl (C=O) groups excluding carboxylic acids is 1. The van der Waals surface area contributed by atoms with Crippen molar-refractivity contribution in [3.8, 4) is 0 Å². The van der Waals surface area contributed by atoms with Gasteiger partial charge in [0.05, 0.1) is 0 Å². The summed E-state index contributed by atoms with van der Waals surface area (Å²) in [5, 5.41) is 3.65. The zero-order chi connectivity index (χ0) is 12.5. The molecular formula is C14H25N3O. The number of rotatable bonds is 2. The van der Waals surface area contributed by atoms with E-state index in [0.29, 0.717) is 23.9 Å². The van der Waals surface area contributed by atoms with Crippen LogP contribution < -0.4 is 5.32 Å². The SMILES string of the molecule is CN1CCN(C(=O)CC2CC3CCC(C2)N3)CC1. The number of carbonyl (C=O) groups is 1. The third-order valence-corrected chi connectivity index (χ3v) is 4.89. The molecule has 0 aromatic carbocycles. The van der Waals surface area contributed by atoms with E-state index in [4.69, 9.17) is 0 Å². The van der Waals surface area contributed by atoms with E-state index in [1.54, 1.807) is 0 Å². The first-order valence-corrected chi connectivity index (χ1v) is 7.43. The van der Waals surface area contributed by atoms with Gasteiger partial charge in [-0.3, -0.25) is 4.79 Å². The van der Waals surface area contributed by atoms with Gasteiger partial charge in [0, 0.05) is 44.7 Å². The molecule has 3 aliphatic rings. The lowest BCUT2D eigenvalue weighted by molar-refractivity contribution is -0.134. The zero-order valence-corrected chi connectivity index (χ0v) is 11.4. The summed E-state index contributed by atoms with van der Waals surface area (Å²) in [6.45, 7) is 3.91. The van der Waals surface area contributed by atoms with Gasteiger partial charge >= 0.3 is 0 Å². The molecule has 1 N–H and O–H groups in total. The van der Waals surface area contributed by atoms with Crippen LogP contribution in [0.3, 0.4) is 0 Å². The van der Waals surface area contributed by atoms with Crippen molar-refractivity contribution in [2.75, 3.05) is 33.2 Å². The first-order valence-electron chi connectivity index (χ1n) is 7.43. The Morgan fingerprint density at radius 1 is 1.11 bits per heavy atom. The molecule has 0 aliphatic carbocycles. The Labute approximate surface area is 110 Å². The Hall–Kier alpha value is -0.610. The number of nitrogens with one attached hydrogen (secondary N) is 1. The number of likely N-dealkylation sites (N-methyl/N-ethyl adjacent to an activating group) is 1. The van der Waals surface area contributed by atoms with Crippen LogP contribution in [0.5, 0.6) is 0 Å². The summed E-state index contributed by atoms with van der Waals surface area (Å²) in [6, 6.07) is 1.41. The highest BCUT2D eigenvalue weighted by molar-refractivity contribution is 5.76. The Balaban J connectivity index is 1.49. The largest absolute Gasteiger partial charge is 0.340 e. The molecule has 4 heteroatoms. The molecule has 102 valence electrons. The van der Waals surface area contributed by atoms with Crippen LogP contribution in [0.25, 0.3) is 0 Å².